The number of hydrogen-bond donors (Lipinski definition) is 0. The molecule has 216 valence electrons. The lowest BCUT2D eigenvalue weighted by molar-refractivity contribution is 0.669. The van der Waals surface area contributed by atoms with Crippen LogP contribution >= 0.6 is 0 Å². The van der Waals surface area contributed by atoms with Gasteiger partial charge in [0.15, 0.2) is 0 Å². The molecule has 1 aromatic heterocycles. The molecular formula is C46H26O. The van der Waals surface area contributed by atoms with Crippen molar-refractivity contribution in [3.63, 3.8) is 0 Å². The van der Waals surface area contributed by atoms with E-state index in [1.807, 2.05) is 0 Å². The third-order valence-electron chi connectivity index (χ3n) is 10.4. The Morgan fingerprint density at radius 1 is 0.277 bits per heavy atom. The fraction of sp³-hybridized carbons (Fsp3) is 0. The second-order valence-corrected chi connectivity index (χ2v) is 12.9. The number of benzene rings is 10. The van der Waals surface area contributed by atoms with E-state index < -0.39 is 0 Å². The molecule has 10 aromatic carbocycles. The molecule has 11 aromatic rings. The van der Waals surface area contributed by atoms with Gasteiger partial charge in [0, 0.05) is 10.8 Å². The molecule has 0 unspecified atom stereocenters. The van der Waals surface area contributed by atoms with Gasteiger partial charge in [-0.25, -0.2) is 0 Å². The highest BCUT2D eigenvalue weighted by atomic mass is 16.3. The van der Waals surface area contributed by atoms with Gasteiger partial charge in [-0.3, -0.25) is 0 Å². The van der Waals surface area contributed by atoms with E-state index in [-0.39, 0.29) is 0 Å². The molecule has 1 nitrogen and oxygen atoms in total. The number of rotatable bonds is 2. The van der Waals surface area contributed by atoms with Crippen LogP contribution in [0, 0.1) is 0 Å². The Balaban J connectivity index is 1.29. The maximum Gasteiger partial charge on any atom is 0.136 e. The van der Waals surface area contributed by atoms with Crippen molar-refractivity contribution in [2.24, 2.45) is 0 Å². The zero-order valence-electron chi connectivity index (χ0n) is 25.4. The highest BCUT2D eigenvalue weighted by molar-refractivity contribution is 6.27. The summed E-state index contributed by atoms with van der Waals surface area (Å²) in [4.78, 5) is 0. The summed E-state index contributed by atoms with van der Waals surface area (Å²) in [6, 6.07) is 57.9. The molecule has 0 spiro atoms. The lowest BCUT2D eigenvalue weighted by Crippen LogP contribution is -1.89. The van der Waals surface area contributed by atoms with Crippen LogP contribution in [-0.2, 0) is 0 Å². The Labute approximate surface area is 270 Å². The predicted octanol–water partition coefficient (Wildman–Crippen LogP) is 13.3. The number of fused-ring (bicyclic) bond motifs is 7. The van der Waals surface area contributed by atoms with Crippen molar-refractivity contribution in [1.29, 1.82) is 0 Å². The normalized spacial score (nSPS) is 12.3. The monoisotopic (exact) mass is 594 g/mol. The van der Waals surface area contributed by atoms with E-state index >= 15 is 0 Å². The summed E-state index contributed by atoms with van der Waals surface area (Å²) in [5, 5.41) is 17.5. The van der Waals surface area contributed by atoms with Crippen LogP contribution in [0.25, 0.3) is 109 Å². The van der Waals surface area contributed by atoms with Crippen LogP contribution in [0.5, 0.6) is 0 Å². The van der Waals surface area contributed by atoms with Crippen LogP contribution in [0.2, 0.25) is 0 Å². The standard InChI is InChI=1S/C46H26O/c1-2-9-32-25-42-41(23-31(32)8-1)46-40(38-21-18-30-16-15-28-10-5-11-29-19-22-39(38)45(30)44(28)29)24-33(26-43(46)47-42)35-13-6-14-36-34-12-4-3-7-27(34)17-20-37(35)36/h1-26H. The zero-order valence-corrected chi connectivity index (χ0v) is 25.4. The minimum Gasteiger partial charge on any atom is -0.456 e. The van der Waals surface area contributed by atoms with E-state index in [4.69, 9.17) is 4.42 Å². The first-order valence-corrected chi connectivity index (χ1v) is 16.3. The van der Waals surface area contributed by atoms with Gasteiger partial charge >= 0.3 is 0 Å². The van der Waals surface area contributed by atoms with Gasteiger partial charge in [-0.1, -0.05) is 133 Å². The van der Waals surface area contributed by atoms with Gasteiger partial charge in [0.05, 0.1) is 0 Å². The lowest BCUT2D eigenvalue weighted by Gasteiger charge is -2.16. The molecule has 1 heterocycles. The number of furan rings is 1. The summed E-state index contributed by atoms with van der Waals surface area (Å²) in [6.07, 6.45) is 0. The third kappa shape index (κ3) is 3.49. The van der Waals surface area contributed by atoms with E-state index in [1.54, 1.807) is 0 Å². The van der Waals surface area contributed by atoms with Gasteiger partial charge in [0.2, 0.25) is 0 Å². The Morgan fingerprint density at radius 2 is 0.915 bits per heavy atom. The average molecular weight is 595 g/mol. The third-order valence-corrected chi connectivity index (χ3v) is 10.4. The van der Waals surface area contributed by atoms with Crippen LogP contribution in [0.1, 0.15) is 0 Å². The molecule has 0 bridgehead atoms. The van der Waals surface area contributed by atoms with E-state index in [0.29, 0.717) is 0 Å². The Hall–Kier alpha value is -6.18. The van der Waals surface area contributed by atoms with E-state index in [1.165, 1.54) is 81.3 Å². The van der Waals surface area contributed by atoms with Crippen molar-refractivity contribution >= 4 is 86.6 Å². The molecule has 0 amide bonds. The molecule has 0 fully saturated rings. The first-order chi connectivity index (χ1) is 23.3. The summed E-state index contributed by atoms with van der Waals surface area (Å²) in [5.74, 6) is 0. The van der Waals surface area contributed by atoms with Crippen molar-refractivity contribution in [3.8, 4) is 22.3 Å². The number of hydrogen-bond acceptors (Lipinski definition) is 1. The SMILES string of the molecule is c1ccc2cc3c(cc2c1)oc1cc(-c2cccc4c2ccc2ccccc24)cc(-c2ccc4ccc5cccc6ccc2c4c56)c13. The minimum atomic E-state index is 0.909. The van der Waals surface area contributed by atoms with E-state index in [2.05, 4.69) is 158 Å². The summed E-state index contributed by atoms with van der Waals surface area (Å²) in [7, 11) is 0. The lowest BCUT2D eigenvalue weighted by atomic mass is 9.87. The molecule has 1 heteroatoms. The molecule has 11 rings (SSSR count). The highest BCUT2D eigenvalue weighted by Gasteiger charge is 2.20. The first-order valence-electron chi connectivity index (χ1n) is 16.3. The fourth-order valence-electron chi connectivity index (χ4n) is 8.22. The fourth-order valence-corrected chi connectivity index (χ4v) is 8.22. The van der Waals surface area contributed by atoms with Crippen molar-refractivity contribution in [1.82, 2.24) is 0 Å². The highest BCUT2D eigenvalue weighted by Crippen LogP contribution is 2.46. The molecule has 0 aliphatic rings. The first kappa shape index (κ1) is 25.1. The van der Waals surface area contributed by atoms with Gasteiger partial charge in [-0.2, -0.15) is 0 Å². The van der Waals surface area contributed by atoms with Gasteiger partial charge in [-0.15, -0.1) is 0 Å². The average Bonchev–Trinajstić information content (AvgIpc) is 3.49. The van der Waals surface area contributed by atoms with Gasteiger partial charge < -0.3 is 4.42 Å². The van der Waals surface area contributed by atoms with E-state index in [0.717, 1.165) is 27.5 Å². The van der Waals surface area contributed by atoms with Gasteiger partial charge in [0.25, 0.3) is 0 Å². The molecule has 0 saturated heterocycles. The molecule has 0 aliphatic carbocycles. The molecule has 0 saturated carbocycles. The van der Waals surface area contributed by atoms with Crippen molar-refractivity contribution in [2.45, 2.75) is 0 Å². The summed E-state index contributed by atoms with van der Waals surface area (Å²) in [6.45, 7) is 0. The molecular weight excluding hydrogens is 569 g/mol. The van der Waals surface area contributed by atoms with Crippen LogP contribution in [0.4, 0.5) is 0 Å². The Kier molecular flexibility index (Phi) is 4.90. The second kappa shape index (κ2) is 9.19. The maximum absolute atomic E-state index is 6.79. The van der Waals surface area contributed by atoms with Crippen molar-refractivity contribution in [2.75, 3.05) is 0 Å². The van der Waals surface area contributed by atoms with Gasteiger partial charge in [-0.05, 0) is 111 Å². The Morgan fingerprint density at radius 3 is 1.79 bits per heavy atom. The molecule has 0 N–H and O–H groups in total. The van der Waals surface area contributed by atoms with E-state index in [9.17, 15) is 0 Å². The largest absolute Gasteiger partial charge is 0.456 e. The van der Waals surface area contributed by atoms with Crippen LogP contribution < -0.4 is 0 Å². The topological polar surface area (TPSA) is 13.1 Å². The molecule has 47 heavy (non-hydrogen) atoms. The maximum atomic E-state index is 6.79. The van der Waals surface area contributed by atoms with Crippen LogP contribution in [0.3, 0.4) is 0 Å². The summed E-state index contributed by atoms with van der Waals surface area (Å²) < 4.78 is 6.79. The second-order valence-electron chi connectivity index (χ2n) is 12.9. The minimum absolute atomic E-state index is 0.909. The van der Waals surface area contributed by atoms with Crippen LogP contribution in [-0.4, -0.2) is 0 Å². The van der Waals surface area contributed by atoms with Crippen molar-refractivity contribution in [3.05, 3.63) is 158 Å². The van der Waals surface area contributed by atoms with Gasteiger partial charge in [0.1, 0.15) is 11.2 Å². The predicted molar refractivity (Wildman–Crippen MR) is 201 cm³/mol. The summed E-state index contributed by atoms with van der Waals surface area (Å²) >= 11 is 0. The summed E-state index contributed by atoms with van der Waals surface area (Å²) in [5.41, 5.74) is 6.61. The molecule has 0 atom stereocenters. The zero-order chi connectivity index (χ0) is 30.6. The molecule has 0 aliphatic heterocycles. The molecule has 0 radical (unpaired) electrons. The smallest absolute Gasteiger partial charge is 0.136 e. The quantitative estimate of drug-likeness (QED) is 0.182. The van der Waals surface area contributed by atoms with Crippen molar-refractivity contribution < 1.29 is 4.42 Å². The van der Waals surface area contributed by atoms with Crippen LogP contribution in [0.15, 0.2) is 162 Å². The Bertz CT molecular complexity index is 3050.